The lowest BCUT2D eigenvalue weighted by molar-refractivity contribution is 0.0699. The predicted octanol–water partition coefficient (Wildman–Crippen LogP) is 1.90. The van der Waals surface area contributed by atoms with Crippen molar-refractivity contribution in [1.29, 1.82) is 0 Å². The second kappa shape index (κ2) is 6.42. The fourth-order valence-corrected chi connectivity index (χ4v) is 3.90. The third-order valence-corrected chi connectivity index (χ3v) is 5.74. The van der Waals surface area contributed by atoms with Crippen molar-refractivity contribution in [3.8, 4) is 0 Å². The van der Waals surface area contributed by atoms with Crippen molar-refractivity contribution in [2.75, 3.05) is 39.8 Å². The molecule has 0 spiro atoms. The highest BCUT2D eigenvalue weighted by molar-refractivity contribution is 7.13. The zero-order valence-corrected chi connectivity index (χ0v) is 13.4. The lowest BCUT2D eigenvalue weighted by atomic mass is 9.82. The highest BCUT2D eigenvalue weighted by Gasteiger charge is 2.28. The summed E-state index contributed by atoms with van der Waals surface area (Å²) >= 11 is 1.39. The number of rotatable bonds is 5. The Morgan fingerprint density at radius 2 is 2.05 bits per heavy atom. The van der Waals surface area contributed by atoms with E-state index in [0.717, 1.165) is 62.7 Å². The summed E-state index contributed by atoms with van der Waals surface area (Å²) in [6.45, 7) is 5.42. The molecule has 0 radical (unpaired) electrons. The molecule has 1 aliphatic carbocycles. The molecule has 1 aromatic rings. The number of carboxylic acid groups (broad SMARTS) is 1. The Morgan fingerprint density at radius 1 is 1.33 bits per heavy atom. The van der Waals surface area contributed by atoms with Crippen LogP contribution in [-0.4, -0.2) is 65.6 Å². The van der Waals surface area contributed by atoms with Gasteiger partial charge in [0.25, 0.3) is 0 Å². The largest absolute Gasteiger partial charge is 0.477 e. The summed E-state index contributed by atoms with van der Waals surface area (Å²) in [7, 11) is 2.15. The molecule has 0 bridgehead atoms. The van der Waals surface area contributed by atoms with Crippen LogP contribution in [0.4, 0.5) is 0 Å². The summed E-state index contributed by atoms with van der Waals surface area (Å²) in [5, 5.41) is 10.3. The van der Waals surface area contributed by atoms with Crippen molar-refractivity contribution >= 4 is 17.3 Å². The molecule has 1 aliphatic heterocycles. The minimum absolute atomic E-state index is 0.393. The van der Waals surface area contributed by atoms with E-state index in [1.165, 1.54) is 17.8 Å². The first kappa shape index (κ1) is 14.9. The molecule has 2 fully saturated rings. The molecule has 2 aliphatic rings. The second-order valence-electron chi connectivity index (χ2n) is 6.15. The number of piperazine rings is 1. The maximum atomic E-state index is 11.4. The zero-order valence-electron chi connectivity index (χ0n) is 12.5. The summed E-state index contributed by atoms with van der Waals surface area (Å²) in [4.78, 5) is 21.3. The third kappa shape index (κ3) is 3.44. The molecule has 1 saturated carbocycles. The molecule has 3 rings (SSSR count). The Hall–Kier alpha value is -0.980. The summed E-state index contributed by atoms with van der Waals surface area (Å²) in [5.41, 5.74) is 0.854. The molecule has 0 aromatic carbocycles. The minimum atomic E-state index is -0.805. The van der Waals surface area contributed by atoms with Crippen LogP contribution in [0.2, 0.25) is 0 Å². The molecule has 1 saturated heterocycles. The number of likely N-dealkylation sites (N-methyl/N-ethyl adjacent to an activating group) is 1. The van der Waals surface area contributed by atoms with Gasteiger partial charge in [0.05, 0.1) is 10.7 Å². The van der Waals surface area contributed by atoms with Gasteiger partial charge >= 0.3 is 5.97 Å². The van der Waals surface area contributed by atoms with Crippen LogP contribution in [0.25, 0.3) is 0 Å². The third-order valence-electron chi connectivity index (χ3n) is 4.62. The Bertz CT molecular complexity index is 505. The van der Waals surface area contributed by atoms with Gasteiger partial charge in [0, 0.05) is 45.1 Å². The van der Waals surface area contributed by atoms with Crippen molar-refractivity contribution in [2.24, 2.45) is 0 Å². The lowest BCUT2D eigenvalue weighted by Crippen LogP contribution is -2.45. The SMILES string of the molecule is CN1CCN(CCc2nc(C3CCC3)c(C(=O)O)s2)CC1. The molecule has 1 N–H and O–H groups in total. The second-order valence-corrected chi connectivity index (χ2v) is 7.23. The summed E-state index contributed by atoms with van der Waals surface area (Å²) < 4.78 is 0. The van der Waals surface area contributed by atoms with E-state index in [9.17, 15) is 9.90 Å². The Kier molecular flexibility index (Phi) is 4.57. The normalized spacial score (nSPS) is 21.4. The van der Waals surface area contributed by atoms with Gasteiger partial charge in [-0.05, 0) is 19.9 Å². The van der Waals surface area contributed by atoms with Gasteiger partial charge in [-0.2, -0.15) is 0 Å². The molecule has 116 valence electrons. The van der Waals surface area contributed by atoms with E-state index in [1.807, 2.05) is 0 Å². The standard InChI is InChI=1S/C15H23N3O2S/c1-17-7-9-18(10-8-17)6-5-12-16-13(11-3-2-4-11)14(21-12)15(19)20/h11H,2-10H2,1H3,(H,19,20). The van der Waals surface area contributed by atoms with Gasteiger partial charge in [-0.3, -0.25) is 0 Å². The van der Waals surface area contributed by atoms with Crippen LogP contribution < -0.4 is 0 Å². The van der Waals surface area contributed by atoms with Crippen molar-refractivity contribution in [2.45, 2.75) is 31.6 Å². The van der Waals surface area contributed by atoms with Gasteiger partial charge in [-0.25, -0.2) is 9.78 Å². The molecule has 0 atom stereocenters. The van der Waals surface area contributed by atoms with Crippen LogP contribution in [0.15, 0.2) is 0 Å². The van der Waals surface area contributed by atoms with Crippen LogP contribution in [0, 0.1) is 0 Å². The van der Waals surface area contributed by atoms with Gasteiger partial charge in [0.15, 0.2) is 0 Å². The fraction of sp³-hybridized carbons (Fsp3) is 0.733. The van der Waals surface area contributed by atoms with Gasteiger partial charge < -0.3 is 14.9 Å². The van der Waals surface area contributed by atoms with Gasteiger partial charge in [0.1, 0.15) is 4.88 Å². The van der Waals surface area contributed by atoms with Crippen molar-refractivity contribution in [3.63, 3.8) is 0 Å². The number of aromatic nitrogens is 1. The summed E-state index contributed by atoms with van der Waals surface area (Å²) in [6.07, 6.45) is 4.28. The molecule has 1 aromatic heterocycles. The first-order chi connectivity index (χ1) is 10.1. The van der Waals surface area contributed by atoms with Crippen LogP contribution in [-0.2, 0) is 6.42 Å². The van der Waals surface area contributed by atoms with E-state index in [2.05, 4.69) is 21.8 Å². The van der Waals surface area contributed by atoms with E-state index >= 15 is 0 Å². The molecule has 0 amide bonds. The number of aromatic carboxylic acids is 1. The van der Waals surface area contributed by atoms with Crippen LogP contribution in [0.5, 0.6) is 0 Å². The molecule has 2 heterocycles. The van der Waals surface area contributed by atoms with Crippen molar-refractivity contribution in [1.82, 2.24) is 14.8 Å². The number of hydrogen-bond acceptors (Lipinski definition) is 5. The van der Waals surface area contributed by atoms with E-state index in [0.29, 0.717) is 10.8 Å². The van der Waals surface area contributed by atoms with Crippen molar-refractivity contribution < 1.29 is 9.90 Å². The fourth-order valence-electron chi connectivity index (χ4n) is 2.92. The van der Waals surface area contributed by atoms with Crippen LogP contribution in [0.1, 0.15) is 45.6 Å². The zero-order chi connectivity index (χ0) is 14.8. The Morgan fingerprint density at radius 3 is 2.62 bits per heavy atom. The number of thiazole rings is 1. The summed E-state index contributed by atoms with van der Waals surface area (Å²) in [5.74, 6) is -0.412. The molecule has 5 nitrogen and oxygen atoms in total. The number of nitrogens with zero attached hydrogens (tertiary/aromatic N) is 3. The average Bonchev–Trinajstić information content (AvgIpc) is 2.80. The number of carboxylic acids is 1. The topological polar surface area (TPSA) is 56.7 Å². The van der Waals surface area contributed by atoms with Gasteiger partial charge in [-0.1, -0.05) is 6.42 Å². The van der Waals surface area contributed by atoms with Crippen LogP contribution in [0.3, 0.4) is 0 Å². The minimum Gasteiger partial charge on any atom is -0.477 e. The first-order valence-electron chi connectivity index (χ1n) is 7.77. The van der Waals surface area contributed by atoms with Crippen molar-refractivity contribution in [3.05, 3.63) is 15.6 Å². The summed E-state index contributed by atoms with van der Waals surface area (Å²) in [6, 6.07) is 0. The van der Waals surface area contributed by atoms with E-state index in [4.69, 9.17) is 0 Å². The molecule has 0 unspecified atom stereocenters. The molecule has 6 heteroatoms. The predicted molar refractivity (Wildman–Crippen MR) is 83.3 cm³/mol. The van der Waals surface area contributed by atoms with E-state index in [-0.39, 0.29) is 0 Å². The Balaban J connectivity index is 1.61. The highest BCUT2D eigenvalue weighted by atomic mass is 32.1. The van der Waals surface area contributed by atoms with Gasteiger partial charge in [-0.15, -0.1) is 11.3 Å². The molecular formula is C15H23N3O2S. The smallest absolute Gasteiger partial charge is 0.347 e. The average molecular weight is 309 g/mol. The molecular weight excluding hydrogens is 286 g/mol. The number of carbonyl (C=O) groups is 1. The molecule has 21 heavy (non-hydrogen) atoms. The highest BCUT2D eigenvalue weighted by Crippen LogP contribution is 2.39. The van der Waals surface area contributed by atoms with Crippen LogP contribution >= 0.6 is 11.3 Å². The van der Waals surface area contributed by atoms with Gasteiger partial charge in [0.2, 0.25) is 0 Å². The maximum absolute atomic E-state index is 11.4. The monoisotopic (exact) mass is 309 g/mol. The number of hydrogen-bond donors (Lipinski definition) is 1. The Labute approximate surface area is 129 Å². The maximum Gasteiger partial charge on any atom is 0.347 e. The van der Waals surface area contributed by atoms with E-state index in [1.54, 1.807) is 0 Å². The quantitative estimate of drug-likeness (QED) is 0.900. The van der Waals surface area contributed by atoms with E-state index < -0.39 is 5.97 Å². The first-order valence-corrected chi connectivity index (χ1v) is 8.59. The lowest BCUT2D eigenvalue weighted by Gasteiger charge is -2.32.